The van der Waals surface area contributed by atoms with Crippen LogP contribution in [0.25, 0.3) is 0 Å². The molecule has 2 N–H and O–H groups in total. The summed E-state index contributed by atoms with van der Waals surface area (Å²) in [5.74, 6) is -1.57. The lowest BCUT2D eigenvalue weighted by Crippen LogP contribution is -2.42. The second kappa shape index (κ2) is 7.51. The maximum Gasteiger partial charge on any atom is 0.326 e. The van der Waals surface area contributed by atoms with Gasteiger partial charge in [0.2, 0.25) is 0 Å². The number of hydrogen-bond donors (Lipinski definition) is 2. The molecule has 0 saturated carbocycles. The quantitative estimate of drug-likeness (QED) is 0.813. The number of carbonyl (C=O) groups excluding carboxylic acids is 1. The lowest BCUT2D eigenvalue weighted by molar-refractivity contribution is -0.140. The Labute approximate surface area is 132 Å². The number of halogens is 1. The van der Waals surface area contributed by atoms with E-state index in [0.29, 0.717) is 10.0 Å². The number of rotatable bonds is 6. The van der Waals surface area contributed by atoms with Gasteiger partial charge in [-0.1, -0.05) is 0 Å². The number of aliphatic carboxylic acids is 1. The maximum atomic E-state index is 12.0. The van der Waals surface area contributed by atoms with Crippen LogP contribution in [0.15, 0.2) is 22.9 Å². The topological polar surface area (TPSA) is 88.5 Å². The number of ether oxygens (including phenoxy) is 1. The van der Waals surface area contributed by atoms with Gasteiger partial charge in [-0.15, -0.1) is 0 Å². The Kier molecular flexibility index (Phi) is 6.29. The number of amides is 1. The lowest BCUT2D eigenvalue weighted by atomic mass is 10.1. The summed E-state index contributed by atoms with van der Waals surface area (Å²) in [6.45, 7) is 5.90. The molecule has 1 atom stereocenters. The average molecular weight is 359 g/mol. The molecule has 116 valence electrons. The first-order chi connectivity index (χ1) is 9.69. The highest BCUT2D eigenvalue weighted by molar-refractivity contribution is 9.10. The van der Waals surface area contributed by atoms with Crippen LogP contribution < -0.4 is 5.32 Å². The van der Waals surface area contributed by atoms with E-state index in [1.165, 1.54) is 6.20 Å². The van der Waals surface area contributed by atoms with Gasteiger partial charge in [0, 0.05) is 29.9 Å². The molecular formula is C14H19BrN2O4. The van der Waals surface area contributed by atoms with Gasteiger partial charge in [0.25, 0.3) is 5.91 Å². The van der Waals surface area contributed by atoms with Crippen LogP contribution in [-0.4, -0.2) is 40.2 Å². The summed E-state index contributed by atoms with van der Waals surface area (Å²) in [5, 5.41) is 11.6. The Morgan fingerprint density at radius 3 is 2.62 bits per heavy atom. The number of aromatic nitrogens is 1. The standard InChI is InChI=1S/C14H19BrN2O4/c1-14(2,3)21-5-4-11(13(19)20)17-12(18)9-6-10(15)8-16-7-9/h6-8,11H,4-5H2,1-3H3,(H,17,18)(H,19,20). The van der Waals surface area contributed by atoms with Gasteiger partial charge in [0.1, 0.15) is 6.04 Å². The zero-order valence-electron chi connectivity index (χ0n) is 12.2. The molecular weight excluding hydrogens is 340 g/mol. The molecule has 1 unspecified atom stereocenters. The Balaban J connectivity index is 2.62. The Hall–Kier alpha value is -1.47. The minimum Gasteiger partial charge on any atom is -0.480 e. The minimum atomic E-state index is -1.09. The molecule has 0 aromatic carbocycles. The van der Waals surface area contributed by atoms with Crippen molar-refractivity contribution in [3.8, 4) is 0 Å². The van der Waals surface area contributed by atoms with E-state index in [4.69, 9.17) is 9.84 Å². The lowest BCUT2D eigenvalue weighted by Gasteiger charge is -2.21. The van der Waals surface area contributed by atoms with Crippen LogP contribution in [-0.2, 0) is 9.53 Å². The summed E-state index contributed by atoms with van der Waals surface area (Å²) >= 11 is 3.21. The van der Waals surface area contributed by atoms with Crippen molar-refractivity contribution >= 4 is 27.8 Å². The fraction of sp³-hybridized carbons (Fsp3) is 0.500. The fourth-order valence-corrected chi connectivity index (χ4v) is 1.88. The third kappa shape index (κ3) is 6.68. The van der Waals surface area contributed by atoms with Gasteiger partial charge in [-0.25, -0.2) is 4.79 Å². The van der Waals surface area contributed by atoms with Gasteiger partial charge in [0.05, 0.1) is 11.2 Å². The number of carboxylic acids is 1. The van der Waals surface area contributed by atoms with Crippen LogP contribution >= 0.6 is 15.9 Å². The first-order valence-corrected chi connectivity index (χ1v) is 7.26. The second-order valence-corrected chi connectivity index (χ2v) is 6.42. The largest absolute Gasteiger partial charge is 0.480 e. The predicted molar refractivity (Wildman–Crippen MR) is 81.1 cm³/mol. The molecule has 1 heterocycles. The molecule has 0 bridgehead atoms. The van der Waals surface area contributed by atoms with E-state index in [9.17, 15) is 9.59 Å². The van der Waals surface area contributed by atoms with Crippen LogP contribution in [0.5, 0.6) is 0 Å². The minimum absolute atomic E-state index is 0.194. The van der Waals surface area contributed by atoms with Crippen molar-refractivity contribution < 1.29 is 19.4 Å². The van der Waals surface area contributed by atoms with Crippen molar-refractivity contribution in [1.29, 1.82) is 0 Å². The third-order valence-corrected chi connectivity index (χ3v) is 2.95. The Bertz CT molecular complexity index is 514. The van der Waals surface area contributed by atoms with Gasteiger partial charge in [-0.3, -0.25) is 9.78 Å². The first kappa shape index (κ1) is 17.6. The van der Waals surface area contributed by atoms with Gasteiger partial charge in [-0.05, 0) is 42.8 Å². The molecule has 1 amide bonds. The van der Waals surface area contributed by atoms with Gasteiger partial charge >= 0.3 is 5.97 Å². The zero-order chi connectivity index (χ0) is 16.0. The SMILES string of the molecule is CC(C)(C)OCCC(NC(=O)c1cncc(Br)c1)C(=O)O. The molecule has 0 aliphatic heterocycles. The number of nitrogens with zero attached hydrogens (tertiary/aromatic N) is 1. The molecule has 0 saturated heterocycles. The van der Waals surface area contributed by atoms with Crippen molar-refractivity contribution in [2.75, 3.05) is 6.61 Å². The van der Waals surface area contributed by atoms with E-state index in [-0.39, 0.29) is 18.6 Å². The fourth-order valence-electron chi connectivity index (χ4n) is 1.52. The third-order valence-electron chi connectivity index (χ3n) is 2.51. The van der Waals surface area contributed by atoms with Gasteiger partial charge < -0.3 is 15.2 Å². The number of nitrogens with one attached hydrogen (secondary N) is 1. The highest BCUT2D eigenvalue weighted by Crippen LogP contribution is 2.11. The molecule has 0 spiro atoms. The van der Waals surface area contributed by atoms with Crippen LogP contribution in [0, 0.1) is 0 Å². The number of pyridine rings is 1. The van der Waals surface area contributed by atoms with E-state index in [1.807, 2.05) is 20.8 Å². The normalized spacial score (nSPS) is 12.8. The summed E-state index contributed by atoms with van der Waals surface area (Å²) in [5.41, 5.74) is -0.0475. The van der Waals surface area contributed by atoms with E-state index in [2.05, 4.69) is 26.2 Å². The summed E-state index contributed by atoms with van der Waals surface area (Å²) in [4.78, 5) is 27.1. The molecule has 1 rings (SSSR count). The summed E-state index contributed by atoms with van der Waals surface area (Å²) in [7, 11) is 0. The highest BCUT2D eigenvalue weighted by atomic mass is 79.9. The van der Waals surface area contributed by atoms with E-state index in [0.717, 1.165) is 0 Å². The highest BCUT2D eigenvalue weighted by Gasteiger charge is 2.22. The molecule has 0 radical (unpaired) electrons. The molecule has 7 heteroatoms. The van der Waals surface area contributed by atoms with E-state index >= 15 is 0 Å². The summed E-state index contributed by atoms with van der Waals surface area (Å²) in [6, 6.07) is 0.575. The van der Waals surface area contributed by atoms with Crippen LogP contribution in [0.2, 0.25) is 0 Å². The van der Waals surface area contributed by atoms with Crippen LogP contribution in [0.1, 0.15) is 37.6 Å². The monoisotopic (exact) mass is 358 g/mol. The molecule has 6 nitrogen and oxygen atoms in total. The zero-order valence-corrected chi connectivity index (χ0v) is 13.8. The molecule has 1 aromatic heterocycles. The van der Waals surface area contributed by atoms with E-state index in [1.54, 1.807) is 12.3 Å². The van der Waals surface area contributed by atoms with Crippen molar-refractivity contribution in [1.82, 2.24) is 10.3 Å². The molecule has 0 fully saturated rings. The van der Waals surface area contributed by atoms with E-state index < -0.39 is 17.9 Å². The Morgan fingerprint density at radius 2 is 2.10 bits per heavy atom. The van der Waals surface area contributed by atoms with Gasteiger partial charge in [-0.2, -0.15) is 0 Å². The number of carbonyl (C=O) groups is 2. The van der Waals surface area contributed by atoms with Crippen molar-refractivity contribution in [2.24, 2.45) is 0 Å². The van der Waals surface area contributed by atoms with Gasteiger partial charge in [0.15, 0.2) is 0 Å². The first-order valence-electron chi connectivity index (χ1n) is 6.47. The Morgan fingerprint density at radius 1 is 1.43 bits per heavy atom. The molecule has 0 aliphatic rings. The van der Waals surface area contributed by atoms with Crippen LogP contribution in [0.4, 0.5) is 0 Å². The number of carboxylic acid groups (broad SMARTS) is 1. The average Bonchev–Trinajstić information content (AvgIpc) is 2.35. The molecule has 0 aliphatic carbocycles. The smallest absolute Gasteiger partial charge is 0.326 e. The van der Waals surface area contributed by atoms with Crippen LogP contribution in [0.3, 0.4) is 0 Å². The van der Waals surface area contributed by atoms with Crippen molar-refractivity contribution in [3.63, 3.8) is 0 Å². The van der Waals surface area contributed by atoms with Crippen molar-refractivity contribution in [2.45, 2.75) is 38.8 Å². The number of hydrogen-bond acceptors (Lipinski definition) is 4. The second-order valence-electron chi connectivity index (χ2n) is 5.51. The summed E-state index contributed by atoms with van der Waals surface area (Å²) in [6.07, 6.45) is 3.12. The molecule has 21 heavy (non-hydrogen) atoms. The predicted octanol–water partition coefficient (Wildman–Crippen LogP) is 2.23. The maximum absolute atomic E-state index is 12.0. The molecule has 1 aromatic rings. The summed E-state index contributed by atoms with van der Waals surface area (Å²) < 4.78 is 6.13. The van der Waals surface area contributed by atoms with Crippen molar-refractivity contribution in [3.05, 3.63) is 28.5 Å².